The van der Waals surface area contributed by atoms with E-state index in [-0.39, 0.29) is 11.6 Å². The molecular weight excluding hydrogens is 416 g/mol. The molecule has 8 nitrogen and oxygen atoms in total. The maximum absolute atomic E-state index is 13.4. The largest absolute Gasteiger partial charge is 0.494 e. The molecule has 1 saturated carbocycles. The van der Waals surface area contributed by atoms with E-state index in [0.29, 0.717) is 18.2 Å². The molecule has 3 aromatic rings. The highest BCUT2D eigenvalue weighted by molar-refractivity contribution is 5.80. The Morgan fingerprint density at radius 2 is 1.82 bits per heavy atom. The quantitative estimate of drug-likeness (QED) is 0.599. The van der Waals surface area contributed by atoms with E-state index < -0.39 is 0 Å². The van der Waals surface area contributed by atoms with Crippen molar-refractivity contribution in [2.24, 2.45) is 0 Å². The van der Waals surface area contributed by atoms with Crippen LogP contribution in [0.15, 0.2) is 29.1 Å². The summed E-state index contributed by atoms with van der Waals surface area (Å²) in [5, 5.41) is 14.0. The molecule has 1 N–H and O–H groups in total. The van der Waals surface area contributed by atoms with Crippen molar-refractivity contribution in [3.8, 4) is 5.75 Å². The number of likely N-dealkylation sites (tertiary alicyclic amines) is 1. The topological polar surface area (TPSA) is 88.9 Å². The number of ether oxygens (including phenoxy) is 1. The van der Waals surface area contributed by atoms with Crippen LogP contribution in [-0.4, -0.2) is 49.8 Å². The van der Waals surface area contributed by atoms with Gasteiger partial charge in [0, 0.05) is 16.5 Å². The lowest BCUT2D eigenvalue weighted by molar-refractivity contribution is 0.210. The van der Waals surface area contributed by atoms with Crippen LogP contribution in [0.2, 0.25) is 0 Å². The van der Waals surface area contributed by atoms with Gasteiger partial charge in [0.25, 0.3) is 5.56 Å². The number of tetrazole rings is 1. The molecule has 1 saturated heterocycles. The highest BCUT2D eigenvalue weighted by Gasteiger charge is 2.33. The fourth-order valence-electron chi connectivity index (χ4n) is 5.48. The molecule has 33 heavy (non-hydrogen) atoms. The minimum Gasteiger partial charge on any atom is -0.494 e. The lowest BCUT2D eigenvalue weighted by Crippen LogP contribution is -2.36. The molecule has 5 rings (SSSR count). The SMILES string of the molecule is CCOc1ccc2[nH]c(=O)c([C@@H](c3nnnn3C3CCCCC3)N3CCCCCC3)cc2c1. The second kappa shape index (κ2) is 10.0. The summed E-state index contributed by atoms with van der Waals surface area (Å²) in [6, 6.07) is 7.88. The number of rotatable bonds is 6. The van der Waals surface area contributed by atoms with Crippen molar-refractivity contribution < 1.29 is 4.74 Å². The van der Waals surface area contributed by atoms with Crippen molar-refractivity contribution in [2.75, 3.05) is 19.7 Å². The van der Waals surface area contributed by atoms with Gasteiger partial charge in [-0.25, -0.2) is 4.68 Å². The van der Waals surface area contributed by atoms with E-state index >= 15 is 0 Å². The summed E-state index contributed by atoms with van der Waals surface area (Å²) >= 11 is 0. The Morgan fingerprint density at radius 3 is 2.58 bits per heavy atom. The van der Waals surface area contributed by atoms with Crippen molar-refractivity contribution in [1.29, 1.82) is 0 Å². The number of pyridine rings is 1. The Kier molecular flexibility index (Phi) is 6.71. The number of hydrogen-bond acceptors (Lipinski definition) is 6. The molecule has 1 aliphatic carbocycles. The standard InChI is InChI=1S/C25H34N6O2/c1-2-33-20-12-13-22-18(16-20)17-21(25(32)26-22)23(30-14-8-3-4-9-15-30)24-27-28-29-31(24)19-10-6-5-7-11-19/h12-13,16-17,19,23H,2-11,14-15H2,1H3,(H,26,32)/t23-/m0/s1. The Balaban J connectivity index is 1.62. The van der Waals surface area contributed by atoms with Crippen molar-refractivity contribution in [3.63, 3.8) is 0 Å². The molecule has 0 radical (unpaired) electrons. The number of benzene rings is 1. The number of H-pyrrole nitrogens is 1. The van der Waals surface area contributed by atoms with Crippen molar-refractivity contribution >= 4 is 10.9 Å². The first kappa shape index (κ1) is 22.1. The lowest BCUT2D eigenvalue weighted by Gasteiger charge is -2.31. The summed E-state index contributed by atoms with van der Waals surface area (Å²) in [5.41, 5.74) is 1.46. The third-order valence-electron chi connectivity index (χ3n) is 7.14. The molecule has 0 unspecified atom stereocenters. The molecule has 2 aliphatic rings. The van der Waals surface area contributed by atoms with Crippen LogP contribution >= 0.6 is 0 Å². The van der Waals surface area contributed by atoms with Gasteiger partial charge in [0.05, 0.1) is 12.6 Å². The van der Waals surface area contributed by atoms with Crippen LogP contribution < -0.4 is 10.3 Å². The third-order valence-corrected chi connectivity index (χ3v) is 7.14. The zero-order valence-corrected chi connectivity index (χ0v) is 19.5. The molecule has 176 valence electrons. The van der Waals surface area contributed by atoms with Gasteiger partial charge in [0.1, 0.15) is 11.8 Å². The van der Waals surface area contributed by atoms with E-state index in [2.05, 4.69) is 25.4 Å². The summed E-state index contributed by atoms with van der Waals surface area (Å²) in [7, 11) is 0. The molecule has 2 aromatic heterocycles. The number of nitrogens with one attached hydrogen (secondary N) is 1. The van der Waals surface area contributed by atoms with Gasteiger partial charge in [-0.3, -0.25) is 9.69 Å². The normalized spacial score (nSPS) is 19.4. The van der Waals surface area contributed by atoms with E-state index in [1.54, 1.807) is 0 Å². The first-order valence-corrected chi connectivity index (χ1v) is 12.6. The second-order valence-corrected chi connectivity index (χ2v) is 9.36. The minimum atomic E-state index is -0.260. The minimum absolute atomic E-state index is 0.0703. The van der Waals surface area contributed by atoms with Gasteiger partial charge in [0.15, 0.2) is 5.82 Å². The van der Waals surface area contributed by atoms with Crippen LogP contribution in [0.5, 0.6) is 5.75 Å². The molecule has 3 heterocycles. The molecule has 8 heteroatoms. The van der Waals surface area contributed by atoms with Gasteiger partial charge < -0.3 is 9.72 Å². The van der Waals surface area contributed by atoms with Crippen LogP contribution in [0, 0.1) is 0 Å². The summed E-state index contributed by atoms with van der Waals surface area (Å²) < 4.78 is 7.73. The van der Waals surface area contributed by atoms with E-state index in [1.807, 2.05) is 35.9 Å². The monoisotopic (exact) mass is 450 g/mol. The summed E-state index contributed by atoms with van der Waals surface area (Å²) in [5.74, 6) is 1.61. The zero-order chi connectivity index (χ0) is 22.6. The Morgan fingerprint density at radius 1 is 1.06 bits per heavy atom. The fraction of sp³-hybridized carbons (Fsp3) is 0.600. The first-order valence-electron chi connectivity index (χ1n) is 12.6. The van der Waals surface area contributed by atoms with E-state index in [0.717, 1.165) is 61.2 Å². The number of fused-ring (bicyclic) bond motifs is 1. The van der Waals surface area contributed by atoms with Gasteiger partial charge in [-0.15, -0.1) is 5.10 Å². The molecule has 2 fully saturated rings. The van der Waals surface area contributed by atoms with Crippen molar-refractivity contribution in [1.82, 2.24) is 30.1 Å². The zero-order valence-electron chi connectivity index (χ0n) is 19.5. The smallest absolute Gasteiger partial charge is 0.253 e. The number of aromatic nitrogens is 5. The Bertz CT molecular complexity index is 1130. The molecule has 1 aliphatic heterocycles. The molecule has 0 spiro atoms. The molecule has 0 bridgehead atoms. The predicted octanol–water partition coefficient (Wildman–Crippen LogP) is 4.38. The summed E-state index contributed by atoms with van der Waals surface area (Å²) in [6.07, 6.45) is 10.6. The molecular formula is C25H34N6O2. The highest BCUT2D eigenvalue weighted by atomic mass is 16.5. The molecule has 0 amide bonds. The van der Waals surface area contributed by atoms with Gasteiger partial charge in [-0.1, -0.05) is 32.1 Å². The number of hydrogen-bond donors (Lipinski definition) is 1. The van der Waals surface area contributed by atoms with Crippen molar-refractivity contribution in [2.45, 2.75) is 76.8 Å². The predicted molar refractivity (Wildman–Crippen MR) is 128 cm³/mol. The van der Waals surface area contributed by atoms with Crippen LogP contribution in [0.3, 0.4) is 0 Å². The summed E-state index contributed by atoms with van der Waals surface area (Å²) in [4.78, 5) is 18.9. The van der Waals surface area contributed by atoms with Gasteiger partial charge in [-0.05, 0) is 80.4 Å². The number of aromatic amines is 1. The van der Waals surface area contributed by atoms with Crippen LogP contribution in [0.1, 0.15) is 88.2 Å². The molecule has 1 atom stereocenters. The van der Waals surface area contributed by atoms with E-state index in [1.165, 1.54) is 32.1 Å². The molecule has 1 aromatic carbocycles. The van der Waals surface area contributed by atoms with E-state index in [9.17, 15) is 4.79 Å². The fourth-order valence-corrected chi connectivity index (χ4v) is 5.48. The summed E-state index contributed by atoms with van der Waals surface area (Å²) in [6.45, 7) is 4.47. The maximum atomic E-state index is 13.4. The second-order valence-electron chi connectivity index (χ2n) is 9.36. The van der Waals surface area contributed by atoms with Gasteiger partial charge in [-0.2, -0.15) is 0 Å². The first-order chi connectivity index (χ1) is 16.2. The lowest BCUT2D eigenvalue weighted by atomic mass is 9.95. The maximum Gasteiger partial charge on any atom is 0.253 e. The Hall–Kier alpha value is -2.74. The average molecular weight is 451 g/mol. The van der Waals surface area contributed by atoms with Crippen LogP contribution in [0.4, 0.5) is 0 Å². The highest BCUT2D eigenvalue weighted by Crippen LogP contribution is 2.34. The van der Waals surface area contributed by atoms with Gasteiger partial charge in [0.2, 0.25) is 0 Å². The number of nitrogens with zero attached hydrogens (tertiary/aromatic N) is 5. The third kappa shape index (κ3) is 4.67. The average Bonchev–Trinajstić information content (AvgIpc) is 3.16. The van der Waals surface area contributed by atoms with E-state index in [4.69, 9.17) is 4.74 Å². The van der Waals surface area contributed by atoms with Crippen molar-refractivity contribution in [3.05, 3.63) is 46.0 Å². The Labute approximate surface area is 194 Å². The van der Waals surface area contributed by atoms with Gasteiger partial charge >= 0.3 is 0 Å². The van der Waals surface area contributed by atoms with Crippen LogP contribution in [0.25, 0.3) is 10.9 Å². The van der Waals surface area contributed by atoms with Crippen LogP contribution in [-0.2, 0) is 0 Å².